The molecule has 4 aliphatic heterocycles. The second kappa shape index (κ2) is 8.39. The number of hydrogen-bond acceptors (Lipinski definition) is 5. The van der Waals surface area contributed by atoms with E-state index in [4.69, 9.17) is 4.74 Å². The molecule has 3 amide bonds. The van der Waals surface area contributed by atoms with Crippen molar-refractivity contribution in [3.63, 3.8) is 0 Å². The Balaban J connectivity index is 1.78. The van der Waals surface area contributed by atoms with E-state index in [2.05, 4.69) is 6.92 Å². The highest BCUT2D eigenvalue weighted by atomic mass is 16.5. The summed E-state index contributed by atoms with van der Waals surface area (Å²) < 4.78 is 6.49. The monoisotopic (exact) mass is 431 g/mol. The molecule has 170 valence electrons. The van der Waals surface area contributed by atoms with Gasteiger partial charge in [-0.05, 0) is 13.3 Å². The summed E-state index contributed by atoms with van der Waals surface area (Å²) in [5, 5.41) is 9.87. The Morgan fingerprint density at radius 1 is 1.16 bits per heavy atom. The van der Waals surface area contributed by atoms with E-state index in [0.29, 0.717) is 19.6 Å². The van der Waals surface area contributed by atoms with Crippen LogP contribution in [0.3, 0.4) is 0 Å². The second-order valence-corrected chi connectivity index (χ2v) is 9.16. The van der Waals surface area contributed by atoms with E-state index < -0.39 is 35.6 Å². The number of aliphatic hydroxyl groups excluding tert-OH is 1. The largest absolute Gasteiger partial charge is 0.394 e. The lowest BCUT2D eigenvalue weighted by molar-refractivity contribution is -0.150. The quantitative estimate of drug-likeness (QED) is 0.490. The summed E-state index contributed by atoms with van der Waals surface area (Å²) in [5.41, 5.74) is -1.20. The van der Waals surface area contributed by atoms with Crippen LogP contribution in [0.5, 0.6) is 0 Å². The fraction of sp³-hybridized carbons (Fsp3) is 0.696. The Bertz CT molecular complexity index is 811. The summed E-state index contributed by atoms with van der Waals surface area (Å²) in [6.45, 7) is 5.10. The Morgan fingerprint density at radius 3 is 2.65 bits per heavy atom. The molecule has 0 aromatic heterocycles. The van der Waals surface area contributed by atoms with E-state index in [0.717, 1.165) is 19.3 Å². The minimum absolute atomic E-state index is 0.146. The van der Waals surface area contributed by atoms with Crippen molar-refractivity contribution in [3.05, 3.63) is 24.3 Å². The maximum absolute atomic E-state index is 13.8. The van der Waals surface area contributed by atoms with Crippen LogP contribution < -0.4 is 0 Å². The van der Waals surface area contributed by atoms with Gasteiger partial charge in [0.2, 0.25) is 17.7 Å². The van der Waals surface area contributed by atoms with Gasteiger partial charge in [0.25, 0.3) is 0 Å². The minimum Gasteiger partial charge on any atom is -0.394 e. The van der Waals surface area contributed by atoms with Crippen molar-refractivity contribution in [2.24, 2.45) is 11.8 Å². The van der Waals surface area contributed by atoms with Crippen molar-refractivity contribution < 1.29 is 24.2 Å². The molecule has 6 atom stereocenters. The number of carbonyl (C=O) groups excluding carboxylic acids is 3. The minimum atomic E-state index is -1.20. The number of aliphatic hydroxyl groups is 1. The SMILES string of the molecule is CCCCCN1CC=C[C@]23O[C@H]4C=CCN(C)C(=O)[C@H]4[C@H]2C(=O)N([C@H](C)CO)C3C1=O. The topological polar surface area (TPSA) is 90.4 Å². The molecule has 4 rings (SSSR count). The maximum Gasteiger partial charge on any atom is 0.249 e. The van der Waals surface area contributed by atoms with Gasteiger partial charge in [0, 0.05) is 26.7 Å². The van der Waals surface area contributed by atoms with Crippen LogP contribution in [-0.2, 0) is 19.1 Å². The molecular weight excluding hydrogens is 398 g/mol. The van der Waals surface area contributed by atoms with E-state index in [1.807, 2.05) is 24.3 Å². The van der Waals surface area contributed by atoms with E-state index in [1.165, 1.54) is 4.90 Å². The number of carbonyl (C=O) groups is 3. The van der Waals surface area contributed by atoms with Crippen molar-refractivity contribution in [2.45, 2.75) is 56.9 Å². The molecule has 0 aromatic carbocycles. The number of amides is 3. The molecule has 0 bridgehead atoms. The lowest BCUT2D eigenvalue weighted by Gasteiger charge is -2.37. The van der Waals surface area contributed by atoms with Gasteiger partial charge >= 0.3 is 0 Å². The molecule has 1 N–H and O–H groups in total. The molecule has 4 aliphatic rings. The summed E-state index contributed by atoms with van der Waals surface area (Å²) in [7, 11) is 1.72. The average molecular weight is 432 g/mol. The average Bonchev–Trinajstić information content (AvgIpc) is 3.09. The Morgan fingerprint density at radius 2 is 1.94 bits per heavy atom. The Hall–Kier alpha value is -2.19. The van der Waals surface area contributed by atoms with Crippen LogP contribution in [0.2, 0.25) is 0 Å². The van der Waals surface area contributed by atoms with Gasteiger partial charge in [-0.25, -0.2) is 0 Å². The smallest absolute Gasteiger partial charge is 0.249 e. The molecule has 2 saturated heterocycles. The summed E-state index contributed by atoms with van der Waals surface area (Å²) >= 11 is 0. The van der Waals surface area contributed by atoms with E-state index >= 15 is 0 Å². The predicted octanol–water partition coefficient (Wildman–Crippen LogP) is 0.565. The van der Waals surface area contributed by atoms with Crippen molar-refractivity contribution in [1.29, 1.82) is 0 Å². The second-order valence-electron chi connectivity index (χ2n) is 9.16. The van der Waals surface area contributed by atoms with E-state index in [-0.39, 0.29) is 24.3 Å². The number of rotatable bonds is 6. The van der Waals surface area contributed by atoms with Gasteiger partial charge in [0.15, 0.2) is 0 Å². The summed E-state index contributed by atoms with van der Waals surface area (Å²) in [6, 6.07) is -1.44. The molecule has 8 heteroatoms. The van der Waals surface area contributed by atoms with Crippen molar-refractivity contribution in [1.82, 2.24) is 14.7 Å². The number of hydrogen-bond donors (Lipinski definition) is 1. The number of nitrogens with zero attached hydrogens (tertiary/aromatic N) is 3. The molecule has 0 radical (unpaired) electrons. The zero-order valence-electron chi connectivity index (χ0n) is 18.6. The number of unbranched alkanes of at least 4 members (excludes halogenated alkanes) is 2. The van der Waals surface area contributed by atoms with Gasteiger partial charge < -0.3 is 24.5 Å². The van der Waals surface area contributed by atoms with Crippen LogP contribution >= 0.6 is 0 Å². The highest BCUT2D eigenvalue weighted by Crippen LogP contribution is 2.53. The molecule has 8 nitrogen and oxygen atoms in total. The van der Waals surface area contributed by atoms with Crippen LogP contribution in [0.15, 0.2) is 24.3 Å². The first-order chi connectivity index (χ1) is 14.9. The van der Waals surface area contributed by atoms with Crippen molar-refractivity contribution in [3.8, 4) is 0 Å². The van der Waals surface area contributed by atoms with Gasteiger partial charge in [-0.3, -0.25) is 14.4 Å². The fourth-order valence-electron chi connectivity index (χ4n) is 5.57. The van der Waals surface area contributed by atoms with Gasteiger partial charge in [0.05, 0.1) is 30.6 Å². The third-order valence-corrected chi connectivity index (χ3v) is 7.15. The molecule has 1 spiro atoms. The standard InChI is InChI=1S/C23H33N3O5/c1-4-5-6-12-25-13-8-10-23-18(17-16(31-23)9-7-11-24(3)20(17)28)21(29)26(15(2)14-27)19(23)22(25)30/h7-10,15-19,27H,4-6,11-14H2,1-3H3/t15-,16+,17-,18+,19?,23+/m1/s1. The van der Waals surface area contributed by atoms with Crippen LogP contribution in [0.4, 0.5) is 0 Å². The van der Waals surface area contributed by atoms with Gasteiger partial charge in [-0.2, -0.15) is 0 Å². The molecule has 31 heavy (non-hydrogen) atoms. The molecular formula is C23H33N3O5. The predicted molar refractivity (Wildman–Crippen MR) is 114 cm³/mol. The van der Waals surface area contributed by atoms with E-state index in [1.54, 1.807) is 23.8 Å². The number of ether oxygens (including phenoxy) is 1. The third-order valence-electron chi connectivity index (χ3n) is 7.15. The Kier molecular flexibility index (Phi) is 5.96. The first kappa shape index (κ1) is 22.0. The summed E-state index contributed by atoms with van der Waals surface area (Å²) in [5.74, 6) is -2.07. The van der Waals surface area contributed by atoms with Crippen LogP contribution in [0, 0.1) is 11.8 Å². The highest BCUT2D eigenvalue weighted by Gasteiger charge is 2.72. The third kappa shape index (κ3) is 3.31. The molecule has 2 fully saturated rings. The zero-order valence-corrected chi connectivity index (χ0v) is 18.6. The number of fused-ring (bicyclic) bond motifs is 2. The van der Waals surface area contributed by atoms with Gasteiger partial charge in [-0.15, -0.1) is 0 Å². The van der Waals surface area contributed by atoms with E-state index in [9.17, 15) is 19.5 Å². The lowest BCUT2D eigenvalue weighted by Crippen LogP contribution is -2.57. The molecule has 0 aliphatic carbocycles. The number of likely N-dealkylation sites (tertiary alicyclic amines) is 1. The number of likely N-dealkylation sites (N-methyl/N-ethyl adjacent to an activating group) is 1. The highest BCUT2D eigenvalue weighted by molar-refractivity contribution is 6.00. The summed E-state index contributed by atoms with van der Waals surface area (Å²) in [4.78, 5) is 45.6. The first-order valence-electron chi connectivity index (χ1n) is 11.4. The van der Waals surface area contributed by atoms with Crippen molar-refractivity contribution >= 4 is 17.7 Å². The Labute approximate surface area is 183 Å². The molecule has 0 aromatic rings. The van der Waals surface area contributed by atoms with Crippen LogP contribution in [-0.4, -0.2) is 94.6 Å². The normalized spacial score (nSPS) is 35.7. The first-order valence-corrected chi connectivity index (χ1v) is 11.4. The van der Waals surface area contributed by atoms with Gasteiger partial charge in [0.1, 0.15) is 11.6 Å². The molecule has 1 unspecified atom stereocenters. The lowest BCUT2D eigenvalue weighted by atomic mass is 9.77. The van der Waals surface area contributed by atoms with Crippen LogP contribution in [0.25, 0.3) is 0 Å². The van der Waals surface area contributed by atoms with Crippen LogP contribution in [0.1, 0.15) is 33.1 Å². The van der Waals surface area contributed by atoms with Crippen molar-refractivity contribution in [2.75, 3.05) is 33.3 Å². The maximum atomic E-state index is 13.8. The summed E-state index contributed by atoms with van der Waals surface area (Å²) in [6.07, 6.45) is 9.89. The fourth-order valence-corrected chi connectivity index (χ4v) is 5.57. The molecule has 4 heterocycles. The van der Waals surface area contributed by atoms with Gasteiger partial charge in [-0.1, -0.05) is 44.1 Å². The molecule has 0 saturated carbocycles. The zero-order chi connectivity index (χ0) is 22.3.